The van der Waals surface area contributed by atoms with E-state index in [0.29, 0.717) is 21.3 Å². The minimum absolute atomic E-state index is 0.241. The first-order valence-corrected chi connectivity index (χ1v) is 7.82. The van der Waals surface area contributed by atoms with Gasteiger partial charge in [-0.25, -0.2) is 0 Å². The summed E-state index contributed by atoms with van der Waals surface area (Å²) in [5, 5.41) is 3.48. The van der Waals surface area contributed by atoms with Gasteiger partial charge in [-0.1, -0.05) is 29.3 Å². The van der Waals surface area contributed by atoms with Crippen LogP contribution in [0.5, 0.6) is 0 Å². The molecule has 1 N–H and O–H groups in total. The first-order chi connectivity index (χ1) is 8.99. The first-order valence-electron chi connectivity index (χ1n) is 5.19. The Labute approximate surface area is 142 Å². The summed E-state index contributed by atoms with van der Waals surface area (Å²) >= 11 is 17.4. The molecule has 0 aliphatic heterocycles. The quantitative estimate of drug-likeness (QED) is 0.568. The Hall–Kier alpha value is -0.300. The molecule has 0 unspecified atom stereocenters. The maximum atomic E-state index is 12.2. The molecule has 1 amide bonds. The van der Waals surface area contributed by atoms with Crippen molar-refractivity contribution in [2.75, 3.05) is 5.32 Å². The van der Waals surface area contributed by atoms with Gasteiger partial charge in [0.05, 0.1) is 21.3 Å². The number of halogens is 4. The van der Waals surface area contributed by atoms with Gasteiger partial charge in [-0.3, -0.25) is 4.79 Å². The molecule has 0 aliphatic rings. The molecule has 2 aromatic rings. The van der Waals surface area contributed by atoms with E-state index in [9.17, 15) is 4.79 Å². The Kier molecular flexibility index (Phi) is 5.11. The normalized spacial score (nSPS) is 10.3. The van der Waals surface area contributed by atoms with E-state index in [4.69, 9.17) is 23.2 Å². The standard InChI is InChI=1S/C13H7BrCl2INO/c14-9-5-4-7(17)6-8(9)13(19)18-11-3-1-2-10(15)12(11)16/h1-6H,(H,18,19). The van der Waals surface area contributed by atoms with E-state index in [-0.39, 0.29) is 5.91 Å². The Morgan fingerprint density at radius 3 is 2.68 bits per heavy atom. The van der Waals surface area contributed by atoms with Gasteiger partial charge in [0.1, 0.15) is 0 Å². The fourth-order valence-corrected chi connectivity index (χ4v) is 2.73. The Morgan fingerprint density at radius 1 is 1.21 bits per heavy atom. The minimum atomic E-state index is -0.241. The highest BCUT2D eigenvalue weighted by molar-refractivity contribution is 14.1. The first kappa shape index (κ1) is 15.1. The molecular formula is C13H7BrCl2INO. The monoisotopic (exact) mass is 469 g/mol. The smallest absolute Gasteiger partial charge is 0.256 e. The van der Waals surface area contributed by atoms with E-state index >= 15 is 0 Å². The van der Waals surface area contributed by atoms with E-state index in [1.807, 2.05) is 12.1 Å². The molecule has 0 fully saturated rings. The summed E-state index contributed by atoms with van der Waals surface area (Å²) in [5.74, 6) is -0.241. The van der Waals surface area contributed by atoms with Crippen LogP contribution < -0.4 is 5.32 Å². The Morgan fingerprint density at radius 2 is 1.95 bits per heavy atom. The van der Waals surface area contributed by atoms with Gasteiger partial charge >= 0.3 is 0 Å². The molecule has 0 saturated carbocycles. The van der Waals surface area contributed by atoms with Crippen molar-refractivity contribution in [1.82, 2.24) is 0 Å². The summed E-state index contributed by atoms with van der Waals surface area (Å²) in [6, 6.07) is 10.6. The molecule has 2 rings (SSSR count). The van der Waals surface area contributed by atoms with Crippen LogP contribution in [0.4, 0.5) is 5.69 Å². The molecule has 98 valence electrons. The molecule has 0 aromatic heterocycles. The molecule has 0 radical (unpaired) electrons. The minimum Gasteiger partial charge on any atom is -0.321 e. The lowest BCUT2D eigenvalue weighted by molar-refractivity contribution is 0.102. The summed E-state index contributed by atoms with van der Waals surface area (Å²) in [4.78, 5) is 12.2. The highest BCUT2D eigenvalue weighted by Gasteiger charge is 2.13. The number of anilines is 1. The Bertz CT molecular complexity index is 649. The van der Waals surface area contributed by atoms with Gasteiger partial charge in [-0.2, -0.15) is 0 Å². The lowest BCUT2D eigenvalue weighted by Crippen LogP contribution is -2.13. The number of carbonyl (C=O) groups excluding carboxylic acids is 1. The third-order valence-corrected chi connectivity index (χ3v) is 4.55. The average molecular weight is 471 g/mol. The van der Waals surface area contributed by atoms with Gasteiger partial charge < -0.3 is 5.32 Å². The van der Waals surface area contributed by atoms with Crippen LogP contribution in [-0.4, -0.2) is 5.91 Å². The zero-order valence-corrected chi connectivity index (χ0v) is 14.6. The maximum absolute atomic E-state index is 12.2. The molecule has 2 nitrogen and oxygen atoms in total. The third kappa shape index (κ3) is 3.62. The summed E-state index contributed by atoms with van der Waals surface area (Å²) in [6.07, 6.45) is 0. The highest BCUT2D eigenvalue weighted by Crippen LogP contribution is 2.30. The SMILES string of the molecule is O=C(Nc1cccc(Cl)c1Cl)c1cc(I)ccc1Br. The molecule has 0 saturated heterocycles. The van der Waals surface area contributed by atoms with E-state index < -0.39 is 0 Å². The molecule has 2 aromatic carbocycles. The third-order valence-electron chi connectivity index (χ3n) is 2.37. The van der Waals surface area contributed by atoms with Gasteiger partial charge in [0, 0.05) is 8.04 Å². The van der Waals surface area contributed by atoms with Crippen LogP contribution in [0.25, 0.3) is 0 Å². The molecule has 0 heterocycles. The van der Waals surface area contributed by atoms with E-state index in [1.54, 1.807) is 24.3 Å². The van der Waals surface area contributed by atoms with Crippen LogP contribution in [0, 0.1) is 3.57 Å². The van der Waals surface area contributed by atoms with Crippen LogP contribution in [0.3, 0.4) is 0 Å². The molecule has 0 atom stereocenters. The molecule has 0 bridgehead atoms. The molecular weight excluding hydrogens is 464 g/mol. The van der Waals surface area contributed by atoms with Crippen molar-refractivity contribution in [3.05, 3.63) is 60.0 Å². The largest absolute Gasteiger partial charge is 0.321 e. The number of amides is 1. The molecule has 0 spiro atoms. The number of hydrogen-bond donors (Lipinski definition) is 1. The summed E-state index contributed by atoms with van der Waals surface area (Å²) in [6.45, 7) is 0. The number of rotatable bonds is 2. The van der Waals surface area contributed by atoms with Gasteiger partial charge in [0.25, 0.3) is 5.91 Å². The Balaban J connectivity index is 2.31. The fraction of sp³-hybridized carbons (Fsp3) is 0. The molecule has 6 heteroatoms. The van der Waals surface area contributed by atoms with E-state index in [0.717, 1.165) is 8.04 Å². The second-order valence-corrected chi connectivity index (χ2v) is 6.56. The summed E-state index contributed by atoms with van der Waals surface area (Å²) < 4.78 is 1.70. The number of hydrogen-bond acceptors (Lipinski definition) is 1. The zero-order valence-electron chi connectivity index (χ0n) is 9.38. The van der Waals surface area contributed by atoms with Crippen molar-refractivity contribution in [3.8, 4) is 0 Å². The second kappa shape index (κ2) is 6.43. The van der Waals surface area contributed by atoms with Crippen LogP contribution in [-0.2, 0) is 0 Å². The van der Waals surface area contributed by atoms with E-state index in [2.05, 4.69) is 43.8 Å². The van der Waals surface area contributed by atoms with Crippen molar-refractivity contribution in [3.63, 3.8) is 0 Å². The van der Waals surface area contributed by atoms with Crippen molar-refractivity contribution in [1.29, 1.82) is 0 Å². The van der Waals surface area contributed by atoms with Crippen LogP contribution in [0.2, 0.25) is 10.0 Å². The van der Waals surface area contributed by atoms with Gasteiger partial charge in [0.15, 0.2) is 0 Å². The molecule has 19 heavy (non-hydrogen) atoms. The van der Waals surface area contributed by atoms with Gasteiger partial charge in [-0.05, 0) is 68.9 Å². The lowest BCUT2D eigenvalue weighted by atomic mass is 10.2. The number of benzene rings is 2. The van der Waals surface area contributed by atoms with Gasteiger partial charge in [-0.15, -0.1) is 0 Å². The van der Waals surface area contributed by atoms with Crippen molar-refractivity contribution >= 4 is 73.3 Å². The fourth-order valence-electron chi connectivity index (χ4n) is 1.46. The highest BCUT2D eigenvalue weighted by atomic mass is 127. The zero-order chi connectivity index (χ0) is 14.0. The van der Waals surface area contributed by atoms with Crippen molar-refractivity contribution in [2.24, 2.45) is 0 Å². The van der Waals surface area contributed by atoms with Crippen LogP contribution >= 0.6 is 61.7 Å². The predicted molar refractivity (Wildman–Crippen MR) is 91.3 cm³/mol. The maximum Gasteiger partial charge on any atom is 0.256 e. The second-order valence-electron chi connectivity index (χ2n) is 3.68. The molecule has 0 aliphatic carbocycles. The van der Waals surface area contributed by atoms with Crippen LogP contribution in [0.1, 0.15) is 10.4 Å². The summed E-state index contributed by atoms with van der Waals surface area (Å²) in [7, 11) is 0. The summed E-state index contributed by atoms with van der Waals surface area (Å²) in [5.41, 5.74) is 1.04. The van der Waals surface area contributed by atoms with Crippen LogP contribution in [0.15, 0.2) is 40.9 Å². The van der Waals surface area contributed by atoms with Crippen molar-refractivity contribution < 1.29 is 4.79 Å². The lowest BCUT2D eigenvalue weighted by Gasteiger charge is -2.09. The average Bonchev–Trinajstić information content (AvgIpc) is 2.38. The number of nitrogens with one attached hydrogen (secondary N) is 1. The van der Waals surface area contributed by atoms with E-state index in [1.165, 1.54) is 0 Å². The number of carbonyl (C=O) groups is 1. The van der Waals surface area contributed by atoms with Crippen molar-refractivity contribution in [2.45, 2.75) is 0 Å². The van der Waals surface area contributed by atoms with Gasteiger partial charge in [0.2, 0.25) is 0 Å². The predicted octanol–water partition coefficient (Wildman–Crippen LogP) is 5.61. The topological polar surface area (TPSA) is 29.1 Å².